The van der Waals surface area contributed by atoms with Gasteiger partial charge in [-0.2, -0.15) is 0 Å². The Hall–Kier alpha value is -0.320. The van der Waals surface area contributed by atoms with Crippen molar-refractivity contribution in [3.05, 3.63) is 37.3 Å². The molecule has 0 unspecified atom stereocenters. The molecule has 0 fully saturated rings. The molecule has 28 heavy (non-hydrogen) atoms. The van der Waals surface area contributed by atoms with E-state index in [1.807, 2.05) is 0 Å². The first-order chi connectivity index (χ1) is 13.1. The Kier molecular flexibility index (Phi) is 15.3. The molecule has 0 bridgehead atoms. The smallest absolute Gasteiger partial charge is 0.333 e. The summed E-state index contributed by atoms with van der Waals surface area (Å²) in [7, 11) is 0. The van der Waals surface area contributed by atoms with Gasteiger partial charge in [0.25, 0.3) is 0 Å². The largest absolute Gasteiger partial charge is 0.505 e. The molecule has 160 valence electrons. The second-order valence-electron chi connectivity index (χ2n) is 6.31. The highest BCUT2D eigenvalue weighted by Crippen LogP contribution is 2.47. The summed E-state index contributed by atoms with van der Waals surface area (Å²) >= 11 is 27.9. The molecule has 0 aliphatic heterocycles. The number of benzene rings is 1. The van der Waals surface area contributed by atoms with Crippen LogP contribution in [0.4, 0.5) is 0 Å². The molecule has 0 aromatic heterocycles. The Morgan fingerprint density at radius 1 is 0.821 bits per heavy atom. The van der Waals surface area contributed by atoms with Gasteiger partial charge in [0.1, 0.15) is 10.0 Å². The molecule has 0 saturated heterocycles. The van der Waals surface area contributed by atoms with Gasteiger partial charge in [0.05, 0.1) is 21.7 Å². The number of hydrogen-bond acceptors (Lipinski definition) is 3. The number of rotatable bonds is 10. The molecule has 1 rings (SSSR count). The van der Waals surface area contributed by atoms with Crippen molar-refractivity contribution in [1.29, 1.82) is 0 Å². The number of carbonyl (C=O) groups is 1. The molecule has 0 spiro atoms. The Morgan fingerprint density at radius 2 is 1.21 bits per heavy atom. The lowest BCUT2D eigenvalue weighted by molar-refractivity contribution is -0.139. The molecule has 1 aromatic carbocycles. The number of aromatic hydroxyl groups is 1. The fourth-order valence-corrected chi connectivity index (χ4v) is 3.25. The molecule has 0 atom stereocenters. The molecule has 0 aliphatic rings. The molecule has 0 heterocycles. The molecule has 8 heteroatoms. The maximum atomic E-state index is 11.0. The monoisotopic (exact) mass is 490 g/mol. The van der Waals surface area contributed by atoms with Gasteiger partial charge in [-0.3, -0.25) is 0 Å². The SMILES string of the molecule is C=C(C)C(=O)OCCCCCCCCCC.Oc1c(Cl)c(Cl)c(Cl)c(Cl)c1Cl. The van der Waals surface area contributed by atoms with Crippen molar-refractivity contribution in [3.63, 3.8) is 0 Å². The summed E-state index contributed by atoms with van der Waals surface area (Å²) in [4.78, 5) is 11.0. The summed E-state index contributed by atoms with van der Waals surface area (Å²) in [6.07, 6.45) is 10.1. The molecule has 0 aliphatic carbocycles. The maximum Gasteiger partial charge on any atom is 0.333 e. The van der Waals surface area contributed by atoms with Crippen LogP contribution in [0.3, 0.4) is 0 Å². The van der Waals surface area contributed by atoms with E-state index in [0.29, 0.717) is 12.2 Å². The first-order valence-electron chi connectivity index (χ1n) is 9.18. The molecular formula is C20H27Cl5O3. The van der Waals surface area contributed by atoms with E-state index in [-0.39, 0.29) is 36.8 Å². The van der Waals surface area contributed by atoms with Crippen LogP contribution in [0.25, 0.3) is 0 Å². The lowest BCUT2D eigenvalue weighted by atomic mass is 10.1. The number of unbranched alkanes of at least 4 members (excludes halogenated alkanes) is 7. The van der Waals surface area contributed by atoms with Crippen molar-refractivity contribution in [1.82, 2.24) is 0 Å². The zero-order valence-electron chi connectivity index (χ0n) is 16.2. The van der Waals surface area contributed by atoms with Gasteiger partial charge in [-0.05, 0) is 13.3 Å². The highest BCUT2D eigenvalue weighted by Gasteiger charge is 2.18. The second kappa shape index (κ2) is 15.5. The van der Waals surface area contributed by atoms with Crippen LogP contribution in [0.15, 0.2) is 12.2 Å². The lowest BCUT2D eigenvalue weighted by Crippen LogP contribution is -2.05. The number of esters is 1. The zero-order valence-corrected chi connectivity index (χ0v) is 20.0. The van der Waals surface area contributed by atoms with E-state index in [4.69, 9.17) is 62.7 Å². The maximum absolute atomic E-state index is 11.0. The lowest BCUT2D eigenvalue weighted by Gasteiger charge is -2.06. The van der Waals surface area contributed by atoms with Crippen molar-refractivity contribution in [3.8, 4) is 5.75 Å². The topological polar surface area (TPSA) is 46.5 Å². The van der Waals surface area contributed by atoms with Crippen LogP contribution >= 0.6 is 58.0 Å². The average molecular weight is 493 g/mol. The summed E-state index contributed by atoms with van der Waals surface area (Å²) in [5, 5.41) is 9.01. The molecular weight excluding hydrogens is 465 g/mol. The number of halogens is 5. The summed E-state index contributed by atoms with van der Waals surface area (Å²) < 4.78 is 5.01. The number of ether oxygens (including phenoxy) is 1. The van der Waals surface area contributed by atoms with Gasteiger partial charge in [-0.1, -0.05) is 116 Å². The second-order valence-corrected chi connectivity index (χ2v) is 8.20. The molecule has 3 nitrogen and oxygen atoms in total. The fourth-order valence-electron chi connectivity index (χ4n) is 2.12. The number of phenolic OH excluding ortho intramolecular Hbond substituents is 1. The van der Waals surface area contributed by atoms with Crippen molar-refractivity contribution in [2.24, 2.45) is 0 Å². The molecule has 1 N–H and O–H groups in total. The minimum Gasteiger partial charge on any atom is -0.505 e. The molecule has 0 amide bonds. The summed E-state index contributed by atoms with van der Waals surface area (Å²) in [5.41, 5.74) is 0.486. The summed E-state index contributed by atoms with van der Waals surface area (Å²) in [5.74, 6) is -0.624. The third-order valence-electron chi connectivity index (χ3n) is 3.77. The van der Waals surface area contributed by atoms with Crippen LogP contribution in [0.2, 0.25) is 25.1 Å². The molecule has 1 aromatic rings. The van der Waals surface area contributed by atoms with E-state index in [9.17, 15) is 9.90 Å². The van der Waals surface area contributed by atoms with Crippen LogP contribution in [0, 0.1) is 0 Å². The molecule has 0 radical (unpaired) electrons. The average Bonchev–Trinajstić information content (AvgIpc) is 2.68. The van der Waals surface area contributed by atoms with Crippen LogP contribution in [-0.4, -0.2) is 17.7 Å². The highest BCUT2D eigenvalue weighted by molar-refractivity contribution is 6.55. The Labute approximate surface area is 192 Å². The van der Waals surface area contributed by atoms with Gasteiger partial charge >= 0.3 is 5.97 Å². The van der Waals surface area contributed by atoms with Gasteiger partial charge in [0, 0.05) is 5.57 Å². The standard InChI is InChI=1S/C14H26O2.C6HCl5O/c1-4-5-6-7-8-9-10-11-12-16-14(15)13(2)3;7-1-2(8)4(10)6(12)5(11)3(1)9/h2,4-12H2,1,3H3;12H. The number of carbonyl (C=O) groups excluding carboxylic acids is 1. The summed E-state index contributed by atoms with van der Waals surface area (Å²) in [6, 6.07) is 0. The van der Waals surface area contributed by atoms with Crippen molar-refractivity contribution in [2.75, 3.05) is 6.61 Å². The highest BCUT2D eigenvalue weighted by atomic mass is 35.5. The number of hydrogen-bond donors (Lipinski definition) is 1. The van der Waals surface area contributed by atoms with E-state index in [0.717, 1.165) is 12.8 Å². The first-order valence-corrected chi connectivity index (χ1v) is 11.1. The Morgan fingerprint density at radius 3 is 1.64 bits per heavy atom. The van der Waals surface area contributed by atoms with Crippen LogP contribution in [0.5, 0.6) is 5.75 Å². The minimum absolute atomic E-state index is 0.00904. The van der Waals surface area contributed by atoms with Crippen molar-refractivity contribution < 1.29 is 14.6 Å². The van der Waals surface area contributed by atoms with E-state index >= 15 is 0 Å². The van der Waals surface area contributed by atoms with E-state index in [2.05, 4.69) is 13.5 Å². The van der Waals surface area contributed by atoms with Crippen LogP contribution in [-0.2, 0) is 9.53 Å². The van der Waals surface area contributed by atoms with E-state index < -0.39 is 0 Å². The number of phenols is 1. The van der Waals surface area contributed by atoms with Gasteiger partial charge < -0.3 is 9.84 Å². The first kappa shape index (κ1) is 27.7. The third kappa shape index (κ3) is 10.5. The van der Waals surface area contributed by atoms with Gasteiger partial charge in [0.15, 0.2) is 5.75 Å². The van der Waals surface area contributed by atoms with Crippen LogP contribution in [0.1, 0.15) is 65.2 Å². The minimum atomic E-state index is -0.363. The van der Waals surface area contributed by atoms with Crippen molar-refractivity contribution in [2.45, 2.75) is 65.2 Å². The van der Waals surface area contributed by atoms with E-state index in [1.54, 1.807) is 6.92 Å². The van der Waals surface area contributed by atoms with E-state index in [1.165, 1.54) is 38.5 Å². The van der Waals surface area contributed by atoms with Gasteiger partial charge in [-0.15, -0.1) is 0 Å². The fraction of sp³-hybridized carbons (Fsp3) is 0.550. The van der Waals surface area contributed by atoms with Crippen molar-refractivity contribution >= 4 is 64.0 Å². The van der Waals surface area contributed by atoms with Gasteiger partial charge in [-0.25, -0.2) is 4.79 Å². The Balaban J connectivity index is 0.000000540. The predicted molar refractivity (Wildman–Crippen MR) is 122 cm³/mol. The molecule has 0 saturated carbocycles. The normalized spacial score (nSPS) is 10.2. The van der Waals surface area contributed by atoms with Gasteiger partial charge in [0.2, 0.25) is 0 Å². The zero-order chi connectivity index (χ0) is 21.7. The van der Waals surface area contributed by atoms with Crippen LogP contribution < -0.4 is 0 Å². The summed E-state index contributed by atoms with van der Waals surface area (Å²) in [6.45, 7) is 7.99. The Bertz CT molecular complexity index is 542. The quantitative estimate of drug-likeness (QED) is 0.117. The third-order valence-corrected chi connectivity index (χ3v) is 6.02. The predicted octanol–water partition coefficient (Wildman–Crippen LogP) is 8.91.